The van der Waals surface area contributed by atoms with Crippen LogP contribution in [0.15, 0.2) is 41.4 Å². The number of carbonyl (C=O) groups is 1. The fourth-order valence-corrected chi connectivity index (χ4v) is 3.71. The maximum Gasteiger partial charge on any atom is 0.252 e. The molecule has 8 heteroatoms. The molecular formula is C19H26ClIN4OS. The van der Waals surface area contributed by atoms with Crippen LogP contribution in [0.2, 0.25) is 5.02 Å². The van der Waals surface area contributed by atoms with Crippen LogP contribution in [0.25, 0.3) is 0 Å². The van der Waals surface area contributed by atoms with Gasteiger partial charge in [-0.15, -0.1) is 35.3 Å². The van der Waals surface area contributed by atoms with Gasteiger partial charge in [-0.3, -0.25) is 9.79 Å². The fraction of sp³-hybridized carbons (Fsp3) is 0.368. The van der Waals surface area contributed by atoms with E-state index in [1.54, 1.807) is 31.3 Å². The third-order valence-corrected chi connectivity index (χ3v) is 5.08. The predicted molar refractivity (Wildman–Crippen MR) is 126 cm³/mol. The summed E-state index contributed by atoms with van der Waals surface area (Å²) in [5, 5.41) is 9.87. The van der Waals surface area contributed by atoms with E-state index >= 15 is 0 Å². The highest BCUT2D eigenvalue weighted by molar-refractivity contribution is 14.0. The van der Waals surface area contributed by atoms with Crippen LogP contribution in [-0.2, 0) is 6.42 Å². The molecule has 0 aliphatic heterocycles. The van der Waals surface area contributed by atoms with Crippen molar-refractivity contribution in [2.75, 3.05) is 20.1 Å². The zero-order valence-electron chi connectivity index (χ0n) is 15.7. The van der Waals surface area contributed by atoms with E-state index in [-0.39, 0.29) is 35.9 Å². The van der Waals surface area contributed by atoms with Crippen molar-refractivity contribution >= 4 is 58.8 Å². The Balaban J connectivity index is 0.00000364. The van der Waals surface area contributed by atoms with Crippen molar-refractivity contribution in [3.63, 3.8) is 0 Å². The first-order chi connectivity index (χ1) is 12.5. The Bertz CT molecular complexity index is 766. The molecule has 0 saturated heterocycles. The van der Waals surface area contributed by atoms with Crippen LogP contribution in [0.3, 0.4) is 0 Å². The first kappa shape index (κ1) is 23.7. The van der Waals surface area contributed by atoms with Crippen LogP contribution >= 0.6 is 46.9 Å². The average Bonchev–Trinajstić information content (AvgIpc) is 3.02. The van der Waals surface area contributed by atoms with Crippen molar-refractivity contribution in [3.8, 4) is 0 Å². The molecule has 1 atom stereocenters. The molecule has 0 aliphatic carbocycles. The maximum atomic E-state index is 12.1. The first-order valence-corrected chi connectivity index (χ1v) is 9.74. The minimum atomic E-state index is -0.179. The smallest absolute Gasteiger partial charge is 0.252 e. The van der Waals surface area contributed by atoms with Gasteiger partial charge in [-0.25, -0.2) is 0 Å². The third-order valence-electron chi connectivity index (χ3n) is 3.73. The van der Waals surface area contributed by atoms with Crippen LogP contribution in [0.5, 0.6) is 0 Å². The molecule has 0 spiro atoms. The Labute approximate surface area is 187 Å². The van der Waals surface area contributed by atoms with Crippen molar-refractivity contribution < 1.29 is 4.79 Å². The van der Waals surface area contributed by atoms with Crippen molar-refractivity contribution in [3.05, 3.63) is 56.7 Å². The molecule has 1 aromatic heterocycles. The topological polar surface area (TPSA) is 65.5 Å². The van der Waals surface area contributed by atoms with Crippen LogP contribution in [0, 0.1) is 6.92 Å². The van der Waals surface area contributed by atoms with Gasteiger partial charge in [-0.1, -0.05) is 23.7 Å². The lowest BCUT2D eigenvalue weighted by molar-refractivity contribution is 0.0954. The van der Waals surface area contributed by atoms with E-state index < -0.39 is 0 Å². The van der Waals surface area contributed by atoms with Gasteiger partial charge in [0.25, 0.3) is 5.91 Å². The molecule has 27 heavy (non-hydrogen) atoms. The van der Waals surface area contributed by atoms with E-state index in [2.05, 4.69) is 46.9 Å². The Kier molecular flexibility index (Phi) is 10.7. The SMILES string of the molecule is CN=C(NCCNC(=O)c1ccccc1Cl)NC(C)Cc1ccc(C)s1.I. The summed E-state index contributed by atoms with van der Waals surface area (Å²) in [5.74, 6) is 0.541. The monoisotopic (exact) mass is 520 g/mol. The number of benzene rings is 1. The summed E-state index contributed by atoms with van der Waals surface area (Å²) < 4.78 is 0. The molecule has 1 amide bonds. The van der Waals surface area contributed by atoms with E-state index in [4.69, 9.17) is 11.6 Å². The van der Waals surface area contributed by atoms with Crippen molar-refractivity contribution in [1.82, 2.24) is 16.0 Å². The summed E-state index contributed by atoms with van der Waals surface area (Å²) in [7, 11) is 1.74. The highest BCUT2D eigenvalue weighted by Crippen LogP contribution is 2.16. The number of aliphatic imine (C=N–C) groups is 1. The number of thiophene rings is 1. The number of hydrogen-bond donors (Lipinski definition) is 3. The molecule has 3 N–H and O–H groups in total. The number of hydrogen-bond acceptors (Lipinski definition) is 3. The fourth-order valence-electron chi connectivity index (χ4n) is 2.47. The summed E-state index contributed by atoms with van der Waals surface area (Å²) >= 11 is 7.84. The summed E-state index contributed by atoms with van der Waals surface area (Å²) in [5.41, 5.74) is 0.483. The number of rotatable bonds is 7. The molecule has 1 unspecified atom stereocenters. The van der Waals surface area contributed by atoms with Gasteiger partial charge < -0.3 is 16.0 Å². The van der Waals surface area contributed by atoms with Crippen LogP contribution in [0.4, 0.5) is 0 Å². The van der Waals surface area contributed by atoms with Crippen molar-refractivity contribution in [2.24, 2.45) is 4.99 Å². The Morgan fingerprint density at radius 3 is 2.52 bits per heavy atom. The molecule has 1 aromatic carbocycles. The van der Waals surface area contributed by atoms with Crippen molar-refractivity contribution in [1.29, 1.82) is 0 Å². The van der Waals surface area contributed by atoms with E-state index in [1.807, 2.05) is 11.3 Å². The van der Waals surface area contributed by atoms with Gasteiger partial charge >= 0.3 is 0 Å². The lowest BCUT2D eigenvalue weighted by atomic mass is 10.2. The molecule has 0 saturated carbocycles. The van der Waals surface area contributed by atoms with E-state index in [9.17, 15) is 4.79 Å². The number of amides is 1. The number of halogens is 2. The summed E-state index contributed by atoms with van der Waals surface area (Å²) in [4.78, 5) is 19.0. The van der Waals surface area contributed by atoms with Crippen LogP contribution in [0.1, 0.15) is 27.0 Å². The van der Waals surface area contributed by atoms with Gasteiger partial charge in [-0.2, -0.15) is 0 Å². The predicted octanol–water partition coefficient (Wildman–Crippen LogP) is 3.85. The molecule has 0 radical (unpaired) electrons. The Morgan fingerprint density at radius 1 is 1.19 bits per heavy atom. The van der Waals surface area contributed by atoms with E-state index in [0.717, 1.165) is 12.4 Å². The van der Waals surface area contributed by atoms with E-state index in [0.29, 0.717) is 23.7 Å². The molecule has 2 rings (SSSR count). The highest BCUT2D eigenvalue weighted by atomic mass is 127. The maximum absolute atomic E-state index is 12.1. The Morgan fingerprint density at radius 2 is 1.89 bits per heavy atom. The lowest BCUT2D eigenvalue weighted by Crippen LogP contribution is -2.45. The lowest BCUT2D eigenvalue weighted by Gasteiger charge is -2.17. The minimum Gasteiger partial charge on any atom is -0.355 e. The van der Waals surface area contributed by atoms with Gasteiger partial charge in [0.15, 0.2) is 5.96 Å². The standard InChI is InChI=1S/C19H25ClN4OS.HI/c1-13(12-15-9-8-14(2)26-15)24-19(21-3)23-11-10-22-18(25)16-6-4-5-7-17(16)20;/h4-9,13H,10-12H2,1-3H3,(H,22,25)(H2,21,23,24);1H. The third kappa shape index (κ3) is 8.06. The second-order valence-electron chi connectivity index (χ2n) is 6.00. The van der Waals surface area contributed by atoms with E-state index in [1.165, 1.54) is 9.75 Å². The van der Waals surface area contributed by atoms with Gasteiger partial charge in [0.05, 0.1) is 10.6 Å². The Hall–Kier alpha value is -1.32. The summed E-state index contributed by atoms with van der Waals surface area (Å²) in [6, 6.07) is 11.6. The molecule has 5 nitrogen and oxygen atoms in total. The second-order valence-corrected chi connectivity index (χ2v) is 7.78. The summed E-state index contributed by atoms with van der Waals surface area (Å²) in [6.07, 6.45) is 0.947. The summed E-state index contributed by atoms with van der Waals surface area (Å²) in [6.45, 7) is 5.29. The van der Waals surface area contributed by atoms with Gasteiger partial charge in [0.1, 0.15) is 0 Å². The number of nitrogens with one attached hydrogen (secondary N) is 3. The first-order valence-electron chi connectivity index (χ1n) is 8.55. The molecule has 148 valence electrons. The zero-order chi connectivity index (χ0) is 18.9. The highest BCUT2D eigenvalue weighted by Gasteiger charge is 2.10. The van der Waals surface area contributed by atoms with Gasteiger partial charge in [0.2, 0.25) is 0 Å². The number of guanidine groups is 1. The van der Waals surface area contributed by atoms with Crippen LogP contribution < -0.4 is 16.0 Å². The molecule has 1 heterocycles. The average molecular weight is 521 g/mol. The molecular weight excluding hydrogens is 495 g/mol. The second kappa shape index (κ2) is 12.2. The quantitative estimate of drug-likeness (QED) is 0.225. The molecule has 0 fully saturated rings. The van der Waals surface area contributed by atoms with Crippen LogP contribution in [-0.4, -0.2) is 38.0 Å². The normalized spacial score (nSPS) is 12.1. The largest absolute Gasteiger partial charge is 0.355 e. The number of nitrogens with zero attached hydrogens (tertiary/aromatic N) is 1. The molecule has 0 aliphatic rings. The number of carbonyl (C=O) groups excluding carboxylic acids is 1. The molecule has 0 bridgehead atoms. The van der Waals surface area contributed by atoms with Gasteiger partial charge in [0, 0.05) is 42.4 Å². The zero-order valence-corrected chi connectivity index (χ0v) is 19.6. The van der Waals surface area contributed by atoms with Crippen molar-refractivity contribution in [2.45, 2.75) is 26.3 Å². The molecule has 2 aromatic rings. The minimum absolute atomic E-state index is 0. The number of aryl methyl sites for hydroxylation is 1. The van der Waals surface area contributed by atoms with Gasteiger partial charge in [-0.05, 0) is 38.1 Å².